The molecule has 0 saturated heterocycles. The van der Waals surface area contributed by atoms with Crippen molar-refractivity contribution < 1.29 is 26.7 Å². The number of benzene rings is 2. The first-order valence-corrected chi connectivity index (χ1v) is 5.97. The lowest BCUT2D eigenvalue weighted by Crippen LogP contribution is -3.00. The van der Waals surface area contributed by atoms with Crippen LogP contribution in [0, 0.1) is 0 Å². The van der Waals surface area contributed by atoms with Gasteiger partial charge in [-0.15, -0.1) is 0 Å². The molecule has 0 radical (unpaired) electrons. The molecule has 0 bridgehead atoms. The fourth-order valence-corrected chi connectivity index (χ4v) is 2.07. The fourth-order valence-electron chi connectivity index (χ4n) is 2.07. The number of methoxy groups -OCH3 is 1. The summed E-state index contributed by atoms with van der Waals surface area (Å²) < 4.78 is 11.2. The smallest absolute Gasteiger partial charge is 0.364 e. The van der Waals surface area contributed by atoms with E-state index in [2.05, 4.69) is 0 Å². The highest BCUT2D eigenvalue weighted by molar-refractivity contribution is 5.80. The average Bonchev–Trinajstić information content (AvgIpc) is 2.46. The molecule has 0 spiro atoms. The minimum atomic E-state index is 0. The third kappa shape index (κ3) is 2.53. The summed E-state index contributed by atoms with van der Waals surface area (Å²) >= 11 is 0. The minimum absolute atomic E-state index is 0. The Labute approximate surface area is 122 Å². The second-order valence-corrected chi connectivity index (χ2v) is 4.22. The molecule has 1 heterocycles. The van der Waals surface area contributed by atoms with E-state index < -0.39 is 0 Å². The highest BCUT2D eigenvalue weighted by atomic mass is 35.5. The maximum Gasteiger partial charge on any atom is 0.364 e. The third-order valence-corrected chi connectivity index (χ3v) is 3.00. The molecule has 0 amide bonds. The Bertz CT molecular complexity index is 741. The normalized spacial score (nSPS) is 10.1. The van der Waals surface area contributed by atoms with Gasteiger partial charge in [-0.2, -0.15) is 0 Å². The van der Waals surface area contributed by atoms with E-state index >= 15 is 0 Å². The van der Waals surface area contributed by atoms with E-state index in [-0.39, 0.29) is 18.2 Å². The maximum atomic E-state index is 9.44. The van der Waals surface area contributed by atoms with Gasteiger partial charge in [-0.3, -0.25) is 0 Å². The zero-order valence-electron chi connectivity index (χ0n) is 10.8. The topological polar surface area (TPSA) is 40.8 Å². The maximum absolute atomic E-state index is 9.44. The highest BCUT2D eigenvalue weighted by Crippen LogP contribution is 2.32. The predicted molar refractivity (Wildman–Crippen MR) is 74.3 cm³/mol. The number of hydrogen-bond donors (Lipinski definition) is 1. The minimum Gasteiger partial charge on any atom is -1.00 e. The van der Waals surface area contributed by atoms with Crippen molar-refractivity contribution in [1.29, 1.82) is 0 Å². The van der Waals surface area contributed by atoms with Gasteiger partial charge in [0.1, 0.15) is 17.1 Å². The van der Waals surface area contributed by atoms with E-state index in [1.54, 1.807) is 25.3 Å². The molecule has 0 aliphatic carbocycles. The molecule has 1 aromatic heterocycles. The quantitative estimate of drug-likeness (QED) is 0.718. The summed E-state index contributed by atoms with van der Waals surface area (Å²) in [6.07, 6.45) is 0. The van der Waals surface area contributed by atoms with Crippen LogP contribution < -0.4 is 17.1 Å². The van der Waals surface area contributed by atoms with Gasteiger partial charge in [0, 0.05) is 12.1 Å². The van der Waals surface area contributed by atoms with Crippen molar-refractivity contribution in [3.63, 3.8) is 0 Å². The van der Waals surface area contributed by atoms with E-state index in [0.717, 1.165) is 28.0 Å². The van der Waals surface area contributed by atoms with Gasteiger partial charge >= 0.3 is 11.3 Å². The van der Waals surface area contributed by atoms with Crippen LogP contribution >= 0.6 is 0 Å². The highest BCUT2D eigenvalue weighted by Gasteiger charge is 2.18. The first-order valence-electron chi connectivity index (χ1n) is 5.97. The molecule has 3 rings (SSSR count). The van der Waals surface area contributed by atoms with E-state index in [0.29, 0.717) is 0 Å². The van der Waals surface area contributed by atoms with Crippen LogP contribution in [0.2, 0.25) is 0 Å². The van der Waals surface area contributed by atoms with Gasteiger partial charge in [0.2, 0.25) is 0 Å². The number of ether oxygens (including phenoxy) is 1. The first-order chi connectivity index (χ1) is 9.28. The van der Waals surface area contributed by atoms with Crippen molar-refractivity contribution in [3.05, 3.63) is 54.6 Å². The summed E-state index contributed by atoms with van der Waals surface area (Å²) in [6.45, 7) is 0. The summed E-state index contributed by atoms with van der Waals surface area (Å²) in [5.41, 5.74) is 1.63. The van der Waals surface area contributed by atoms with E-state index in [4.69, 9.17) is 9.15 Å². The number of halogens is 1. The molecule has 0 aliphatic rings. The third-order valence-electron chi connectivity index (χ3n) is 3.00. The molecule has 0 aliphatic heterocycles. The molecule has 0 unspecified atom stereocenters. The van der Waals surface area contributed by atoms with Crippen LogP contribution in [-0.2, 0) is 0 Å². The second-order valence-electron chi connectivity index (χ2n) is 4.22. The SMILES string of the molecule is COc1ccccc1-c1ccc2cc(O)ccc2[o+]1.[Cl-]. The number of hydrogen-bond acceptors (Lipinski definition) is 2. The van der Waals surface area contributed by atoms with Crippen LogP contribution in [0.5, 0.6) is 11.5 Å². The molecule has 2 aromatic carbocycles. The number of phenols is 1. The number of fused-ring (bicyclic) bond motifs is 1. The van der Waals surface area contributed by atoms with Crippen molar-refractivity contribution in [3.8, 4) is 22.8 Å². The molecule has 3 nitrogen and oxygen atoms in total. The molecule has 4 heteroatoms. The van der Waals surface area contributed by atoms with Gasteiger partial charge in [0.05, 0.1) is 12.5 Å². The summed E-state index contributed by atoms with van der Waals surface area (Å²) in [6, 6.07) is 16.5. The van der Waals surface area contributed by atoms with Crippen molar-refractivity contribution in [2.24, 2.45) is 0 Å². The van der Waals surface area contributed by atoms with Crippen LogP contribution in [-0.4, -0.2) is 12.2 Å². The zero-order chi connectivity index (χ0) is 13.2. The van der Waals surface area contributed by atoms with Crippen LogP contribution in [0.1, 0.15) is 0 Å². The number of phenolic OH excluding ortho intramolecular Hbond substituents is 1. The van der Waals surface area contributed by atoms with E-state index in [9.17, 15) is 5.11 Å². The molecular weight excluding hydrogens is 276 g/mol. The lowest BCUT2D eigenvalue weighted by molar-refractivity contribution is -0.00000557. The summed E-state index contributed by atoms with van der Waals surface area (Å²) in [7, 11) is 1.64. The number of rotatable bonds is 2. The van der Waals surface area contributed by atoms with Crippen LogP contribution in [0.4, 0.5) is 0 Å². The summed E-state index contributed by atoms with van der Waals surface area (Å²) in [5.74, 6) is 1.73. The Morgan fingerprint density at radius 1 is 1.00 bits per heavy atom. The zero-order valence-corrected chi connectivity index (χ0v) is 11.6. The van der Waals surface area contributed by atoms with Crippen LogP contribution in [0.15, 0.2) is 59.0 Å². The molecule has 0 saturated carbocycles. The molecule has 102 valence electrons. The Kier molecular flexibility index (Phi) is 4.11. The largest absolute Gasteiger partial charge is 1.00 e. The number of para-hydroxylation sites is 1. The van der Waals surface area contributed by atoms with Gasteiger partial charge < -0.3 is 22.3 Å². The van der Waals surface area contributed by atoms with Crippen molar-refractivity contribution in [2.45, 2.75) is 0 Å². The standard InChI is InChI=1S/C16H12O3.ClH/c1-18-15-5-3-2-4-13(15)16-8-6-11-10-12(17)7-9-14(11)19-16;/h2-10H,1H3;1H. The van der Waals surface area contributed by atoms with Crippen LogP contribution in [0.25, 0.3) is 22.3 Å². The lowest BCUT2D eigenvalue weighted by Gasteiger charge is -2.02. The molecule has 0 atom stereocenters. The Morgan fingerprint density at radius 2 is 1.80 bits per heavy atom. The second kappa shape index (κ2) is 5.80. The van der Waals surface area contributed by atoms with Crippen molar-refractivity contribution in [1.82, 2.24) is 0 Å². The van der Waals surface area contributed by atoms with Gasteiger partial charge in [-0.25, -0.2) is 4.42 Å². The van der Waals surface area contributed by atoms with Gasteiger partial charge in [-0.05, 0) is 30.3 Å². The molecular formula is C16H13ClO3. The van der Waals surface area contributed by atoms with E-state index in [1.165, 1.54) is 0 Å². The Balaban J connectivity index is 0.00000147. The van der Waals surface area contributed by atoms with Gasteiger partial charge in [-0.1, -0.05) is 12.1 Å². The van der Waals surface area contributed by atoms with Gasteiger partial charge in [0.15, 0.2) is 0 Å². The Hall–Kier alpha value is -2.26. The van der Waals surface area contributed by atoms with Crippen LogP contribution in [0.3, 0.4) is 0 Å². The van der Waals surface area contributed by atoms with Gasteiger partial charge in [0.25, 0.3) is 0 Å². The summed E-state index contributed by atoms with van der Waals surface area (Å²) in [4.78, 5) is 0. The first kappa shape index (κ1) is 14.2. The monoisotopic (exact) mass is 288 g/mol. The van der Waals surface area contributed by atoms with E-state index in [1.807, 2.05) is 36.4 Å². The summed E-state index contributed by atoms with van der Waals surface area (Å²) in [5, 5.41) is 10.3. The van der Waals surface area contributed by atoms with Crippen molar-refractivity contribution >= 4 is 11.0 Å². The number of aromatic hydroxyl groups is 1. The predicted octanol–water partition coefficient (Wildman–Crippen LogP) is 1.10. The lowest BCUT2D eigenvalue weighted by atomic mass is 10.1. The molecule has 20 heavy (non-hydrogen) atoms. The average molecular weight is 289 g/mol. The molecule has 3 aromatic rings. The Morgan fingerprint density at radius 3 is 2.60 bits per heavy atom. The molecule has 0 fully saturated rings. The molecule has 1 N–H and O–H groups in total. The fraction of sp³-hybridized carbons (Fsp3) is 0.0625. The van der Waals surface area contributed by atoms with Crippen molar-refractivity contribution in [2.75, 3.05) is 7.11 Å².